The van der Waals surface area contributed by atoms with Gasteiger partial charge in [0.15, 0.2) is 11.2 Å². The Bertz CT molecular complexity index is 1300. The molecule has 2 aromatic carbocycles. The van der Waals surface area contributed by atoms with Gasteiger partial charge in [-0.05, 0) is 44.2 Å². The number of rotatable bonds is 8. The number of nitrogens with one attached hydrogen (secondary N) is 2. The summed E-state index contributed by atoms with van der Waals surface area (Å²) in [5, 5.41) is 10.5. The number of benzene rings is 2. The van der Waals surface area contributed by atoms with Crippen LogP contribution >= 0.6 is 0 Å². The molecule has 32 heavy (non-hydrogen) atoms. The van der Waals surface area contributed by atoms with Crippen LogP contribution in [0.5, 0.6) is 0 Å². The fourth-order valence-electron chi connectivity index (χ4n) is 4.09. The molecule has 2 atom stereocenters. The van der Waals surface area contributed by atoms with E-state index in [0.717, 1.165) is 24.0 Å². The Morgan fingerprint density at radius 1 is 1.00 bits per heavy atom. The fraction of sp³-hybridized carbons (Fsp3) is 0.320. The summed E-state index contributed by atoms with van der Waals surface area (Å²) in [6.07, 6.45) is 1.88. The molecule has 3 N–H and O–H groups in total. The minimum atomic E-state index is -0.774. The van der Waals surface area contributed by atoms with Crippen LogP contribution in [0.15, 0.2) is 64.2 Å². The molecule has 0 fully saturated rings. The first kappa shape index (κ1) is 21.8. The average molecular weight is 433 g/mol. The zero-order valence-electron chi connectivity index (χ0n) is 18.3. The van der Waals surface area contributed by atoms with Crippen molar-refractivity contribution in [2.45, 2.75) is 51.7 Å². The van der Waals surface area contributed by atoms with Crippen molar-refractivity contribution in [1.29, 1.82) is 0 Å². The van der Waals surface area contributed by atoms with Gasteiger partial charge in [-0.3, -0.25) is 14.3 Å². The molecular formula is C25H28N4O3. The number of aliphatic hydroxyl groups is 1. The van der Waals surface area contributed by atoms with Crippen molar-refractivity contribution in [2.24, 2.45) is 0 Å². The van der Waals surface area contributed by atoms with Crippen LogP contribution in [0.1, 0.15) is 48.3 Å². The van der Waals surface area contributed by atoms with Crippen LogP contribution in [-0.4, -0.2) is 30.7 Å². The van der Waals surface area contributed by atoms with E-state index in [2.05, 4.69) is 27.1 Å². The molecule has 0 saturated heterocycles. The number of fused-ring (bicyclic) bond motifs is 1. The molecule has 2 aromatic heterocycles. The normalized spacial score (nSPS) is 13.3. The summed E-state index contributed by atoms with van der Waals surface area (Å²) in [6, 6.07) is 17.6. The second-order valence-corrected chi connectivity index (χ2v) is 8.36. The Morgan fingerprint density at radius 2 is 1.72 bits per heavy atom. The average Bonchev–Trinajstić information content (AvgIpc) is 3.10. The number of hydrogen-bond donors (Lipinski definition) is 3. The third-order valence-electron chi connectivity index (χ3n) is 5.82. The lowest BCUT2D eigenvalue weighted by atomic mass is 10.0. The maximum Gasteiger partial charge on any atom is 0.328 e. The Balaban J connectivity index is 1.65. The van der Waals surface area contributed by atoms with Crippen LogP contribution in [0.4, 0.5) is 0 Å². The summed E-state index contributed by atoms with van der Waals surface area (Å²) >= 11 is 0. The monoisotopic (exact) mass is 432 g/mol. The van der Waals surface area contributed by atoms with Crippen molar-refractivity contribution in [2.75, 3.05) is 0 Å². The van der Waals surface area contributed by atoms with Gasteiger partial charge < -0.3 is 10.1 Å². The molecule has 2 unspecified atom stereocenters. The molecule has 4 aromatic rings. The van der Waals surface area contributed by atoms with Crippen molar-refractivity contribution in [1.82, 2.24) is 19.5 Å². The minimum Gasteiger partial charge on any atom is -0.391 e. The molecule has 0 aliphatic rings. The van der Waals surface area contributed by atoms with E-state index in [4.69, 9.17) is 0 Å². The number of aliphatic hydroxyl groups excluding tert-OH is 1. The predicted molar refractivity (Wildman–Crippen MR) is 125 cm³/mol. The smallest absolute Gasteiger partial charge is 0.328 e. The maximum absolute atomic E-state index is 12.8. The van der Waals surface area contributed by atoms with Crippen LogP contribution in [0.25, 0.3) is 11.2 Å². The summed E-state index contributed by atoms with van der Waals surface area (Å²) in [4.78, 5) is 35.5. The van der Waals surface area contributed by atoms with Gasteiger partial charge in [0.2, 0.25) is 0 Å². The van der Waals surface area contributed by atoms with Crippen LogP contribution in [-0.2, 0) is 12.8 Å². The molecule has 7 heteroatoms. The standard InChI is InChI=1S/C25H28N4O3/c1-16-11-13-19(14-12-16)15-21-26-23-22(24(31)27-21)28-25(32)29(23)20(17(2)30)10-6-9-18-7-4-3-5-8-18/h3-5,7-8,11-14,17,20,30H,6,9-10,15H2,1-2H3,(H,28,32)(H,26,27,31). The van der Waals surface area contributed by atoms with Crippen molar-refractivity contribution in [3.8, 4) is 0 Å². The second kappa shape index (κ2) is 9.36. The highest BCUT2D eigenvalue weighted by Crippen LogP contribution is 2.22. The lowest BCUT2D eigenvalue weighted by Crippen LogP contribution is -2.30. The fourth-order valence-corrected chi connectivity index (χ4v) is 4.09. The summed E-state index contributed by atoms with van der Waals surface area (Å²) in [7, 11) is 0. The quantitative estimate of drug-likeness (QED) is 0.398. The summed E-state index contributed by atoms with van der Waals surface area (Å²) in [5.41, 5.74) is 2.97. The molecule has 0 spiro atoms. The van der Waals surface area contributed by atoms with Gasteiger partial charge in [-0.1, -0.05) is 60.2 Å². The van der Waals surface area contributed by atoms with Gasteiger partial charge in [-0.15, -0.1) is 0 Å². The first-order valence-corrected chi connectivity index (χ1v) is 10.9. The number of hydrogen-bond acceptors (Lipinski definition) is 4. The van der Waals surface area contributed by atoms with Gasteiger partial charge in [0.1, 0.15) is 5.82 Å². The molecule has 0 saturated carbocycles. The molecule has 7 nitrogen and oxygen atoms in total. The van der Waals surface area contributed by atoms with Crippen LogP contribution in [0, 0.1) is 6.92 Å². The predicted octanol–water partition coefficient (Wildman–Crippen LogP) is 3.26. The second-order valence-electron chi connectivity index (χ2n) is 8.36. The van der Waals surface area contributed by atoms with E-state index in [1.165, 1.54) is 10.1 Å². The Labute approximate surface area is 185 Å². The number of nitrogens with zero attached hydrogens (tertiary/aromatic N) is 2. The molecule has 2 heterocycles. The molecule has 4 rings (SSSR count). The SMILES string of the molecule is Cc1ccc(Cc2nc3c([nH]c(=O)n3C(CCCc3ccccc3)C(C)O)c(=O)[nH]2)cc1. The van der Waals surface area contributed by atoms with Crippen molar-refractivity contribution in [3.05, 3.63) is 98.0 Å². The van der Waals surface area contributed by atoms with Gasteiger partial charge in [0.25, 0.3) is 5.56 Å². The Morgan fingerprint density at radius 3 is 2.41 bits per heavy atom. The van der Waals surface area contributed by atoms with E-state index in [0.29, 0.717) is 18.7 Å². The number of aromatic amines is 2. The molecule has 0 aliphatic carbocycles. The van der Waals surface area contributed by atoms with E-state index in [1.807, 2.05) is 49.4 Å². The van der Waals surface area contributed by atoms with Crippen molar-refractivity contribution in [3.63, 3.8) is 0 Å². The molecule has 0 aliphatic heterocycles. The number of aryl methyl sites for hydroxylation is 2. The molecule has 0 radical (unpaired) electrons. The van der Waals surface area contributed by atoms with Crippen molar-refractivity contribution < 1.29 is 5.11 Å². The first-order chi connectivity index (χ1) is 15.4. The van der Waals surface area contributed by atoms with E-state index in [-0.39, 0.29) is 16.7 Å². The number of imidazole rings is 1. The summed E-state index contributed by atoms with van der Waals surface area (Å²) < 4.78 is 1.44. The van der Waals surface area contributed by atoms with Crippen LogP contribution < -0.4 is 11.2 Å². The number of H-pyrrole nitrogens is 2. The Kier molecular flexibility index (Phi) is 6.37. The van der Waals surface area contributed by atoms with E-state index >= 15 is 0 Å². The highest BCUT2D eigenvalue weighted by atomic mass is 16.3. The molecule has 0 amide bonds. The van der Waals surface area contributed by atoms with E-state index < -0.39 is 17.8 Å². The topological polar surface area (TPSA) is 104 Å². The zero-order chi connectivity index (χ0) is 22.7. The third kappa shape index (κ3) is 4.73. The van der Waals surface area contributed by atoms with Gasteiger partial charge in [-0.25, -0.2) is 9.78 Å². The molecule has 166 valence electrons. The molecule has 0 bridgehead atoms. The summed E-state index contributed by atoms with van der Waals surface area (Å²) in [5.74, 6) is 0.479. The van der Waals surface area contributed by atoms with E-state index in [1.54, 1.807) is 6.92 Å². The van der Waals surface area contributed by atoms with Gasteiger partial charge in [-0.2, -0.15) is 0 Å². The number of aromatic nitrogens is 4. The largest absolute Gasteiger partial charge is 0.391 e. The minimum absolute atomic E-state index is 0.136. The zero-order valence-corrected chi connectivity index (χ0v) is 18.3. The lowest BCUT2D eigenvalue weighted by molar-refractivity contribution is 0.123. The van der Waals surface area contributed by atoms with Gasteiger partial charge >= 0.3 is 5.69 Å². The van der Waals surface area contributed by atoms with Gasteiger partial charge in [0.05, 0.1) is 12.1 Å². The van der Waals surface area contributed by atoms with Crippen LogP contribution in [0.3, 0.4) is 0 Å². The molecular weight excluding hydrogens is 404 g/mol. The highest BCUT2D eigenvalue weighted by molar-refractivity contribution is 5.69. The maximum atomic E-state index is 12.8. The van der Waals surface area contributed by atoms with Crippen LogP contribution in [0.2, 0.25) is 0 Å². The van der Waals surface area contributed by atoms with Gasteiger partial charge in [0, 0.05) is 6.42 Å². The Hall–Kier alpha value is -3.45. The third-order valence-corrected chi connectivity index (χ3v) is 5.82. The van der Waals surface area contributed by atoms with Crippen molar-refractivity contribution >= 4 is 11.2 Å². The first-order valence-electron chi connectivity index (χ1n) is 10.9. The lowest BCUT2D eigenvalue weighted by Gasteiger charge is -2.21. The highest BCUT2D eigenvalue weighted by Gasteiger charge is 2.24. The van der Waals surface area contributed by atoms with E-state index in [9.17, 15) is 14.7 Å². The summed E-state index contributed by atoms with van der Waals surface area (Å²) in [6.45, 7) is 3.68.